The van der Waals surface area contributed by atoms with Gasteiger partial charge in [0.2, 0.25) is 11.9 Å². The van der Waals surface area contributed by atoms with Crippen molar-refractivity contribution in [1.82, 2.24) is 14.9 Å². The molecule has 2 aliphatic rings. The highest BCUT2D eigenvalue weighted by Gasteiger charge is 2.38. The van der Waals surface area contributed by atoms with E-state index in [0.717, 1.165) is 38.5 Å². The number of amides is 1. The molecule has 2 fully saturated rings. The van der Waals surface area contributed by atoms with Gasteiger partial charge in [-0.05, 0) is 24.3 Å². The Kier molecular flexibility index (Phi) is 3.36. The van der Waals surface area contributed by atoms with E-state index in [1.165, 1.54) is 0 Å². The number of likely N-dealkylation sites (tertiary alicyclic amines) is 1. The molecule has 1 aromatic rings. The van der Waals surface area contributed by atoms with Gasteiger partial charge in [0, 0.05) is 45.0 Å². The van der Waals surface area contributed by atoms with Gasteiger partial charge in [-0.2, -0.15) is 0 Å². The number of rotatable bonds is 2. The molecule has 0 N–H and O–H groups in total. The molecular formula is C14H20N4O. The molecule has 3 rings (SSSR count). The van der Waals surface area contributed by atoms with Gasteiger partial charge in [0.1, 0.15) is 0 Å². The normalized spacial score (nSPS) is 26.4. The van der Waals surface area contributed by atoms with Gasteiger partial charge in [-0.25, -0.2) is 9.97 Å². The molecule has 1 aromatic heterocycles. The SMILES string of the molecule is CCC(=O)N1C[C@@H]2CN(c3ncccn3)CC[C@H]2C1. The van der Waals surface area contributed by atoms with Crippen LogP contribution in [0, 0.1) is 11.8 Å². The molecule has 0 aromatic carbocycles. The number of carbonyl (C=O) groups excluding carboxylic acids is 1. The molecule has 0 bridgehead atoms. The zero-order chi connectivity index (χ0) is 13.2. The van der Waals surface area contributed by atoms with Crippen LogP contribution in [0.25, 0.3) is 0 Å². The monoisotopic (exact) mass is 260 g/mol. The van der Waals surface area contributed by atoms with Crippen LogP contribution in [0.4, 0.5) is 5.95 Å². The van der Waals surface area contributed by atoms with Crippen molar-refractivity contribution >= 4 is 11.9 Å². The third kappa shape index (κ3) is 2.41. The summed E-state index contributed by atoms with van der Waals surface area (Å²) in [6.45, 7) is 5.76. The molecule has 5 nitrogen and oxygen atoms in total. The third-order valence-electron chi connectivity index (χ3n) is 4.29. The maximum absolute atomic E-state index is 11.8. The van der Waals surface area contributed by atoms with Crippen molar-refractivity contribution in [1.29, 1.82) is 0 Å². The standard InChI is InChI=1S/C14H20N4O/c1-2-13(19)18-8-11-4-7-17(9-12(11)10-18)14-15-5-3-6-16-14/h3,5-6,11-12H,2,4,7-10H2,1H3/t11-,12-/m0/s1. The van der Waals surface area contributed by atoms with Gasteiger partial charge in [0.25, 0.3) is 0 Å². The van der Waals surface area contributed by atoms with Crippen LogP contribution in [0.5, 0.6) is 0 Å². The van der Waals surface area contributed by atoms with Crippen LogP contribution in [-0.4, -0.2) is 47.0 Å². The Hall–Kier alpha value is -1.65. The lowest BCUT2D eigenvalue weighted by atomic mass is 9.89. The second kappa shape index (κ2) is 5.15. The number of anilines is 1. The van der Waals surface area contributed by atoms with Gasteiger partial charge in [0.15, 0.2) is 0 Å². The number of hydrogen-bond acceptors (Lipinski definition) is 4. The summed E-state index contributed by atoms with van der Waals surface area (Å²) >= 11 is 0. The molecule has 2 aliphatic heterocycles. The Bertz CT molecular complexity index is 450. The first-order valence-electron chi connectivity index (χ1n) is 7.07. The van der Waals surface area contributed by atoms with E-state index in [9.17, 15) is 4.79 Å². The molecular weight excluding hydrogens is 240 g/mol. The number of hydrogen-bond donors (Lipinski definition) is 0. The summed E-state index contributed by atoms with van der Waals surface area (Å²) in [5.41, 5.74) is 0. The van der Waals surface area contributed by atoms with E-state index in [-0.39, 0.29) is 5.91 Å². The highest BCUT2D eigenvalue weighted by atomic mass is 16.2. The molecule has 2 atom stereocenters. The van der Waals surface area contributed by atoms with E-state index >= 15 is 0 Å². The minimum absolute atomic E-state index is 0.289. The second-order valence-electron chi connectivity index (χ2n) is 5.46. The molecule has 0 saturated carbocycles. The van der Waals surface area contributed by atoms with Gasteiger partial charge in [0.05, 0.1) is 0 Å². The highest BCUT2D eigenvalue weighted by molar-refractivity contribution is 5.76. The van der Waals surface area contributed by atoms with Crippen molar-refractivity contribution in [2.75, 3.05) is 31.1 Å². The number of fused-ring (bicyclic) bond motifs is 1. The summed E-state index contributed by atoms with van der Waals surface area (Å²) in [6, 6.07) is 1.84. The molecule has 102 valence electrons. The molecule has 1 amide bonds. The van der Waals surface area contributed by atoms with Crippen molar-refractivity contribution in [2.24, 2.45) is 11.8 Å². The highest BCUT2D eigenvalue weighted by Crippen LogP contribution is 2.32. The third-order valence-corrected chi connectivity index (χ3v) is 4.29. The molecule has 19 heavy (non-hydrogen) atoms. The van der Waals surface area contributed by atoms with Crippen molar-refractivity contribution < 1.29 is 4.79 Å². The van der Waals surface area contributed by atoms with E-state index in [1.807, 2.05) is 17.9 Å². The van der Waals surface area contributed by atoms with Crippen LogP contribution in [0.1, 0.15) is 19.8 Å². The fraction of sp³-hybridized carbons (Fsp3) is 0.643. The Labute approximate surface area is 113 Å². The number of nitrogens with zero attached hydrogens (tertiary/aromatic N) is 4. The summed E-state index contributed by atoms with van der Waals surface area (Å²) in [4.78, 5) is 24.7. The summed E-state index contributed by atoms with van der Waals surface area (Å²) in [6.07, 6.45) is 5.33. The maximum atomic E-state index is 11.8. The molecule has 5 heteroatoms. The summed E-state index contributed by atoms with van der Waals surface area (Å²) in [7, 11) is 0. The fourth-order valence-corrected chi connectivity index (χ4v) is 3.23. The average Bonchev–Trinajstić information content (AvgIpc) is 2.90. The van der Waals surface area contributed by atoms with Crippen LogP contribution in [-0.2, 0) is 4.79 Å². The van der Waals surface area contributed by atoms with Crippen molar-refractivity contribution in [3.8, 4) is 0 Å². The predicted molar refractivity (Wildman–Crippen MR) is 72.7 cm³/mol. The second-order valence-corrected chi connectivity index (χ2v) is 5.46. The lowest BCUT2D eigenvalue weighted by Gasteiger charge is -2.34. The van der Waals surface area contributed by atoms with Gasteiger partial charge in [-0.1, -0.05) is 6.92 Å². The van der Waals surface area contributed by atoms with Gasteiger partial charge in [-0.3, -0.25) is 4.79 Å². The smallest absolute Gasteiger partial charge is 0.225 e. The van der Waals surface area contributed by atoms with Crippen LogP contribution in [0.2, 0.25) is 0 Å². The molecule has 0 radical (unpaired) electrons. The van der Waals surface area contributed by atoms with Crippen LogP contribution >= 0.6 is 0 Å². The Balaban J connectivity index is 1.67. The van der Waals surface area contributed by atoms with E-state index < -0.39 is 0 Å². The van der Waals surface area contributed by atoms with Crippen LogP contribution in [0.15, 0.2) is 18.5 Å². The Morgan fingerprint density at radius 1 is 1.26 bits per heavy atom. The van der Waals surface area contributed by atoms with Crippen molar-refractivity contribution in [3.05, 3.63) is 18.5 Å². The van der Waals surface area contributed by atoms with Crippen molar-refractivity contribution in [2.45, 2.75) is 19.8 Å². The molecule has 0 unspecified atom stereocenters. The Morgan fingerprint density at radius 3 is 2.74 bits per heavy atom. The van der Waals surface area contributed by atoms with Gasteiger partial charge in [-0.15, -0.1) is 0 Å². The van der Waals surface area contributed by atoms with E-state index in [1.54, 1.807) is 12.4 Å². The lowest BCUT2D eigenvalue weighted by molar-refractivity contribution is -0.130. The van der Waals surface area contributed by atoms with Gasteiger partial charge >= 0.3 is 0 Å². The maximum Gasteiger partial charge on any atom is 0.225 e. The van der Waals surface area contributed by atoms with E-state index in [4.69, 9.17) is 0 Å². The van der Waals surface area contributed by atoms with Crippen LogP contribution in [0.3, 0.4) is 0 Å². The minimum atomic E-state index is 0.289. The molecule has 2 saturated heterocycles. The van der Waals surface area contributed by atoms with Gasteiger partial charge < -0.3 is 9.80 Å². The largest absolute Gasteiger partial charge is 0.342 e. The zero-order valence-electron chi connectivity index (χ0n) is 11.3. The van der Waals surface area contributed by atoms with Crippen molar-refractivity contribution in [3.63, 3.8) is 0 Å². The summed E-state index contributed by atoms with van der Waals surface area (Å²) < 4.78 is 0. The zero-order valence-corrected chi connectivity index (χ0v) is 11.3. The predicted octanol–water partition coefficient (Wildman–Crippen LogP) is 1.17. The fourth-order valence-electron chi connectivity index (χ4n) is 3.23. The summed E-state index contributed by atoms with van der Waals surface area (Å²) in [5.74, 6) is 2.35. The first-order chi connectivity index (χ1) is 9.28. The summed E-state index contributed by atoms with van der Waals surface area (Å²) in [5, 5.41) is 0. The topological polar surface area (TPSA) is 49.3 Å². The first-order valence-corrected chi connectivity index (χ1v) is 7.07. The van der Waals surface area contributed by atoms with E-state index in [0.29, 0.717) is 18.3 Å². The molecule has 0 spiro atoms. The molecule has 3 heterocycles. The first kappa shape index (κ1) is 12.4. The minimum Gasteiger partial charge on any atom is -0.342 e. The quantitative estimate of drug-likeness (QED) is 0.801. The number of carbonyl (C=O) groups is 1. The Morgan fingerprint density at radius 2 is 2.00 bits per heavy atom. The lowest BCUT2D eigenvalue weighted by Crippen LogP contribution is -2.40. The number of piperidine rings is 1. The average molecular weight is 260 g/mol. The number of aromatic nitrogens is 2. The molecule has 0 aliphatic carbocycles. The van der Waals surface area contributed by atoms with Crippen LogP contribution < -0.4 is 4.90 Å². The van der Waals surface area contributed by atoms with E-state index in [2.05, 4.69) is 14.9 Å².